The van der Waals surface area contributed by atoms with Crippen LogP contribution in [0.25, 0.3) is 5.82 Å². The predicted molar refractivity (Wildman–Crippen MR) is 72.8 cm³/mol. The Labute approximate surface area is 116 Å². The first-order chi connectivity index (χ1) is 8.45. The van der Waals surface area contributed by atoms with Crippen molar-refractivity contribution in [1.29, 1.82) is 0 Å². The number of aromatic nitrogens is 4. The second kappa shape index (κ2) is 4.86. The van der Waals surface area contributed by atoms with E-state index in [0.29, 0.717) is 21.8 Å². The normalized spacial score (nSPS) is 11.0. The van der Waals surface area contributed by atoms with E-state index in [1.165, 1.54) is 0 Å². The summed E-state index contributed by atoms with van der Waals surface area (Å²) in [5.41, 5.74) is 2.44. The molecule has 0 fully saturated rings. The summed E-state index contributed by atoms with van der Waals surface area (Å²) in [6.45, 7) is 7.63. The number of hydrogen-bond donors (Lipinski definition) is 0. The Morgan fingerprint density at radius 3 is 2.28 bits per heavy atom. The predicted octanol–water partition coefficient (Wildman–Crippen LogP) is 3.46. The molecule has 0 amide bonds. The van der Waals surface area contributed by atoms with E-state index in [0.717, 1.165) is 23.4 Å². The van der Waals surface area contributed by atoms with Gasteiger partial charge in [0.05, 0.1) is 16.4 Å². The van der Waals surface area contributed by atoms with Crippen LogP contribution in [0.2, 0.25) is 10.2 Å². The monoisotopic (exact) mass is 284 g/mol. The van der Waals surface area contributed by atoms with Gasteiger partial charge in [0.2, 0.25) is 0 Å². The molecule has 18 heavy (non-hydrogen) atoms. The molecule has 0 spiro atoms. The highest BCUT2D eigenvalue weighted by molar-refractivity contribution is 6.32. The van der Waals surface area contributed by atoms with Crippen molar-refractivity contribution < 1.29 is 0 Å². The summed E-state index contributed by atoms with van der Waals surface area (Å²) in [6.07, 6.45) is 0.722. The lowest BCUT2D eigenvalue weighted by Gasteiger charge is -2.09. The van der Waals surface area contributed by atoms with Crippen molar-refractivity contribution in [1.82, 2.24) is 19.7 Å². The van der Waals surface area contributed by atoms with Gasteiger partial charge in [0.1, 0.15) is 11.0 Å². The summed E-state index contributed by atoms with van der Waals surface area (Å²) in [6, 6.07) is 0. The second-order valence-electron chi connectivity index (χ2n) is 4.13. The highest BCUT2D eigenvalue weighted by Gasteiger charge is 2.16. The minimum absolute atomic E-state index is 0.459. The summed E-state index contributed by atoms with van der Waals surface area (Å²) in [5, 5.41) is 5.51. The fourth-order valence-electron chi connectivity index (χ4n) is 1.71. The van der Waals surface area contributed by atoms with Crippen LogP contribution in [0.1, 0.15) is 29.7 Å². The van der Waals surface area contributed by atoms with Gasteiger partial charge in [0.15, 0.2) is 5.82 Å². The number of nitrogens with zero attached hydrogens (tertiary/aromatic N) is 4. The molecule has 2 rings (SSSR count). The minimum atomic E-state index is 0.459. The Kier molecular flexibility index (Phi) is 3.59. The third kappa shape index (κ3) is 2.10. The molecule has 0 aliphatic rings. The highest BCUT2D eigenvalue weighted by atomic mass is 35.5. The summed E-state index contributed by atoms with van der Waals surface area (Å²) >= 11 is 12.3. The standard InChI is InChI=1S/C12H14Cl2N4/c1-5-9-15-11(14)6(2)12(16-9)18-8(4)10(13)7(3)17-18/h5H2,1-4H3. The average Bonchev–Trinajstić information content (AvgIpc) is 2.60. The quantitative estimate of drug-likeness (QED) is 0.794. The summed E-state index contributed by atoms with van der Waals surface area (Å²) in [5.74, 6) is 1.39. The van der Waals surface area contributed by atoms with E-state index in [9.17, 15) is 0 Å². The third-order valence-electron chi connectivity index (χ3n) is 2.83. The van der Waals surface area contributed by atoms with E-state index in [1.807, 2.05) is 27.7 Å². The van der Waals surface area contributed by atoms with E-state index in [1.54, 1.807) is 4.68 Å². The first-order valence-corrected chi connectivity index (χ1v) is 6.46. The summed E-state index contributed by atoms with van der Waals surface area (Å²) in [4.78, 5) is 8.70. The number of halogens is 2. The Morgan fingerprint density at radius 2 is 1.78 bits per heavy atom. The van der Waals surface area contributed by atoms with Crippen molar-refractivity contribution in [2.24, 2.45) is 0 Å². The van der Waals surface area contributed by atoms with Crippen LogP contribution >= 0.6 is 23.2 Å². The molecule has 6 heteroatoms. The van der Waals surface area contributed by atoms with E-state index >= 15 is 0 Å². The minimum Gasteiger partial charge on any atom is -0.221 e. The Balaban J connectivity index is 2.70. The van der Waals surface area contributed by atoms with Gasteiger partial charge in [-0.05, 0) is 20.8 Å². The van der Waals surface area contributed by atoms with Crippen LogP contribution in [0.4, 0.5) is 0 Å². The third-order valence-corrected chi connectivity index (χ3v) is 3.74. The number of rotatable bonds is 2. The molecule has 0 bridgehead atoms. The lowest BCUT2D eigenvalue weighted by atomic mass is 10.3. The van der Waals surface area contributed by atoms with Crippen LogP contribution in [0, 0.1) is 20.8 Å². The zero-order valence-corrected chi connectivity index (χ0v) is 12.3. The first kappa shape index (κ1) is 13.3. The zero-order valence-electron chi connectivity index (χ0n) is 10.8. The van der Waals surface area contributed by atoms with E-state index in [2.05, 4.69) is 15.1 Å². The van der Waals surface area contributed by atoms with E-state index in [-0.39, 0.29) is 0 Å². The molecule has 0 aliphatic heterocycles. The molecule has 4 nitrogen and oxygen atoms in total. The summed E-state index contributed by atoms with van der Waals surface area (Å²) < 4.78 is 1.72. The van der Waals surface area contributed by atoms with Gasteiger partial charge >= 0.3 is 0 Å². The van der Waals surface area contributed by atoms with Crippen LogP contribution in [0.15, 0.2) is 0 Å². The van der Waals surface area contributed by atoms with E-state index < -0.39 is 0 Å². The molecule has 0 saturated heterocycles. The van der Waals surface area contributed by atoms with Crippen molar-refractivity contribution in [2.75, 3.05) is 0 Å². The molecular weight excluding hydrogens is 271 g/mol. The van der Waals surface area contributed by atoms with Gasteiger partial charge in [0.25, 0.3) is 0 Å². The Bertz CT molecular complexity index is 605. The maximum absolute atomic E-state index is 6.15. The molecule has 0 radical (unpaired) electrons. The average molecular weight is 285 g/mol. The lowest BCUT2D eigenvalue weighted by molar-refractivity contribution is 0.774. The first-order valence-electron chi connectivity index (χ1n) is 5.70. The highest BCUT2D eigenvalue weighted by Crippen LogP contribution is 2.25. The lowest BCUT2D eigenvalue weighted by Crippen LogP contribution is -2.08. The number of hydrogen-bond acceptors (Lipinski definition) is 3. The van der Waals surface area contributed by atoms with Crippen molar-refractivity contribution in [3.63, 3.8) is 0 Å². The molecule has 0 aliphatic carbocycles. The van der Waals surface area contributed by atoms with E-state index in [4.69, 9.17) is 23.2 Å². The fourth-order valence-corrected chi connectivity index (χ4v) is 2.01. The van der Waals surface area contributed by atoms with Crippen LogP contribution in [-0.2, 0) is 6.42 Å². The molecule has 0 N–H and O–H groups in total. The van der Waals surface area contributed by atoms with Gasteiger partial charge in [-0.2, -0.15) is 5.10 Å². The van der Waals surface area contributed by atoms with Crippen molar-refractivity contribution >= 4 is 23.2 Å². The second-order valence-corrected chi connectivity index (χ2v) is 4.87. The molecule has 96 valence electrons. The van der Waals surface area contributed by atoms with Crippen molar-refractivity contribution in [3.8, 4) is 5.82 Å². The molecular formula is C12H14Cl2N4. The van der Waals surface area contributed by atoms with Gasteiger partial charge in [-0.1, -0.05) is 30.1 Å². The SMILES string of the molecule is CCc1nc(Cl)c(C)c(-n2nc(C)c(Cl)c2C)n1. The van der Waals surface area contributed by atoms with Crippen LogP contribution < -0.4 is 0 Å². The van der Waals surface area contributed by atoms with Crippen LogP contribution in [0.3, 0.4) is 0 Å². The zero-order chi connectivity index (χ0) is 13.4. The van der Waals surface area contributed by atoms with Crippen LogP contribution in [-0.4, -0.2) is 19.7 Å². The van der Waals surface area contributed by atoms with Crippen molar-refractivity contribution in [2.45, 2.75) is 34.1 Å². The maximum atomic E-state index is 6.15. The molecule has 0 aromatic carbocycles. The molecule has 2 heterocycles. The molecule has 0 unspecified atom stereocenters. The van der Waals surface area contributed by atoms with Crippen molar-refractivity contribution in [3.05, 3.63) is 33.0 Å². The Hall–Kier alpha value is -1.13. The van der Waals surface area contributed by atoms with Gasteiger partial charge in [-0.15, -0.1) is 0 Å². The summed E-state index contributed by atoms with van der Waals surface area (Å²) in [7, 11) is 0. The Morgan fingerprint density at radius 1 is 1.11 bits per heavy atom. The molecule has 2 aromatic rings. The smallest absolute Gasteiger partial charge is 0.161 e. The fraction of sp³-hybridized carbons (Fsp3) is 0.417. The largest absolute Gasteiger partial charge is 0.221 e. The molecule has 2 aromatic heterocycles. The van der Waals surface area contributed by atoms with Gasteiger partial charge in [-0.3, -0.25) is 0 Å². The van der Waals surface area contributed by atoms with Gasteiger partial charge in [0, 0.05) is 12.0 Å². The van der Waals surface area contributed by atoms with Crippen LogP contribution in [0.5, 0.6) is 0 Å². The van der Waals surface area contributed by atoms with Gasteiger partial charge < -0.3 is 0 Å². The van der Waals surface area contributed by atoms with Gasteiger partial charge in [-0.25, -0.2) is 14.6 Å². The number of aryl methyl sites for hydroxylation is 2. The maximum Gasteiger partial charge on any atom is 0.161 e. The molecule has 0 atom stereocenters. The topological polar surface area (TPSA) is 43.6 Å². The molecule has 0 saturated carbocycles.